The average molecular weight is 308 g/mol. The summed E-state index contributed by atoms with van der Waals surface area (Å²) in [6.45, 7) is 3.78. The van der Waals surface area contributed by atoms with Crippen LogP contribution in [0.2, 0.25) is 0 Å². The number of rotatable bonds is 5. The van der Waals surface area contributed by atoms with Crippen molar-refractivity contribution in [3.05, 3.63) is 16.5 Å². The van der Waals surface area contributed by atoms with Crippen LogP contribution in [0.5, 0.6) is 0 Å². The van der Waals surface area contributed by atoms with Gasteiger partial charge >= 0.3 is 0 Å². The summed E-state index contributed by atoms with van der Waals surface area (Å²) in [5, 5.41) is 2.96. The largest absolute Gasteiger partial charge is 0.369 e. The van der Waals surface area contributed by atoms with Gasteiger partial charge in [-0.3, -0.25) is 0 Å². The summed E-state index contributed by atoms with van der Waals surface area (Å²) in [6.07, 6.45) is 0. The van der Waals surface area contributed by atoms with E-state index in [2.05, 4.69) is 31.2 Å². The standard InChI is InChI=1S/C9H14BrN3O2S/c1-3-16(14,15)5-4-11-9-6-8(10)12-7(2)13-9/h6H,3-5H2,1-2H3,(H,11,12,13). The summed E-state index contributed by atoms with van der Waals surface area (Å²) in [4.78, 5) is 8.19. The fourth-order valence-electron chi connectivity index (χ4n) is 1.10. The van der Waals surface area contributed by atoms with Crippen molar-refractivity contribution in [3.63, 3.8) is 0 Å². The van der Waals surface area contributed by atoms with E-state index in [9.17, 15) is 8.42 Å². The lowest BCUT2D eigenvalue weighted by Crippen LogP contribution is -2.17. The van der Waals surface area contributed by atoms with Crippen LogP contribution in [-0.2, 0) is 9.84 Å². The van der Waals surface area contributed by atoms with Crippen LogP contribution in [0, 0.1) is 6.92 Å². The van der Waals surface area contributed by atoms with Crippen molar-refractivity contribution in [1.82, 2.24) is 9.97 Å². The van der Waals surface area contributed by atoms with Gasteiger partial charge in [-0.2, -0.15) is 0 Å². The van der Waals surface area contributed by atoms with Crippen LogP contribution in [0.4, 0.5) is 5.82 Å². The minimum atomic E-state index is -2.93. The normalized spacial score (nSPS) is 11.4. The first-order valence-corrected chi connectivity index (χ1v) is 7.50. The summed E-state index contributed by atoms with van der Waals surface area (Å²) >= 11 is 3.25. The van der Waals surface area contributed by atoms with Crippen LogP contribution >= 0.6 is 15.9 Å². The molecule has 1 N–H and O–H groups in total. The monoisotopic (exact) mass is 307 g/mol. The van der Waals surface area contributed by atoms with Crippen molar-refractivity contribution in [1.29, 1.82) is 0 Å². The molecule has 0 saturated heterocycles. The first-order chi connectivity index (χ1) is 7.43. The molecular formula is C9H14BrN3O2S. The first-order valence-electron chi connectivity index (χ1n) is 4.88. The summed E-state index contributed by atoms with van der Waals surface area (Å²) in [5.41, 5.74) is 0. The fraction of sp³-hybridized carbons (Fsp3) is 0.556. The summed E-state index contributed by atoms with van der Waals surface area (Å²) in [7, 11) is -2.93. The van der Waals surface area contributed by atoms with Gasteiger partial charge in [-0.25, -0.2) is 18.4 Å². The molecule has 0 aromatic carbocycles. The molecule has 1 rings (SSSR count). The van der Waals surface area contributed by atoms with E-state index in [4.69, 9.17) is 0 Å². The highest BCUT2D eigenvalue weighted by atomic mass is 79.9. The Morgan fingerprint density at radius 3 is 2.69 bits per heavy atom. The van der Waals surface area contributed by atoms with E-state index in [0.29, 0.717) is 22.8 Å². The Morgan fingerprint density at radius 1 is 1.44 bits per heavy atom. The summed E-state index contributed by atoms with van der Waals surface area (Å²) < 4.78 is 23.2. The van der Waals surface area contributed by atoms with Gasteiger partial charge in [0.1, 0.15) is 16.2 Å². The Labute approximate surface area is 104 Å². The molecule has 1 aromatic heterocycles. The highest BCUT2D eigenvalue weighted by molar-refractivity contribution is 9.10. The number of anilines is 1. The molecule has 0 saturated carbocycles. The Morgan fingerprint density at radius 2 is 2.12 bits per heavy atom. The molecule has 0 bridgehead atoms. The smallest absolute Gasteiger partial charge is 0.151 e. The topological polar surface area (TPSA) is 72.0 Å². The first kappa shape index (κ1) is 13.4. The van der Waals surface area contributed by atoms with Crippen LogP contribution < -0.4 is 5.32 Å². The van der Waals surface area contributed by atoms with Gasteiger partial charge in [0.05, 0.1) is 5.75 Å². The third kappa shape index (κ3) is 4.44. The van der Waals surface area contributed by atoms with Crippen molar-refractivity contribution in [2.45, 2.75) is 13.8 Å². The van der Waals surface area contributed by atoms with E-state index in [1.807, 2.05) is 0 Å². The maximum atomic E-state index is 11.2. The molecule has 0 unspecified atom stereocenters. The minimum absolute atomic E-state index is 0.115. The summed E-state index contributed by atoms with van der Waals surface area (Å²) in [5.74, 6) is 1.55. The quantitative estimate of drug-likeness (QED) is 0.832. The number of aromatic nitrogens is 2. The second-order valence-electron chi connectivity index (χ2n) is 3.29. The molecule has 1 aromatic rings. The molecule has 16 heavy (non-hydrogen) atoms. The van der Waals surface area contributed by atoms with Gasteiger partial charge in [0, 0.05) is 18.4 Å². The van der Waals surface area contributed by atoms with Gasteiger partial charge in [-0.15, -0.1) is 0 Å². The number of aryl methyl sites for hydroxylation is 1. The third-order valence-electron chi connectivity index (χ3n) is 1.97. The van der Waals surface area contributed by atoms with Crippen molar-refractivity contribution in [2.75, 3.05) is 23.4 Å². The van der Waals surface area contributed by atoms with Crippen LogP contribution in [0.3, 0.4) is 0 Å². The molecular weight excluding hydrogens is 294 g/mol. The van der Waals surface area contributed by atoms with Gasteiger partial charge in [0.15, 0.2) is 9.84 Å². The molecule has 5 nitrogen and oxygen atoms in total. The second-order valence-corrected chi connectivity index (χ2v) is 6.57. The van der Waals surface area contributed by atoms with E-state index in [1.54, 1.807) is 19.9 Å². The van der Waals surface area contributed by atoms with Gasteiger partial charge in [-0.1, -0.05) is 6.92 Å². The Bertz CT molecular complexity index is 442. The molecule has 0 atom stereocenters. The Hall–Kier alpha value is -0.690. The van der Waals surface area contributed by atoms with Gasteiger partial charge in [-0.05, 0) is 22.9 Å². The zero-order chi connectivity index (χ0) is 12.2. The fourth-order valence-corrected chi connectivity index (χ4v) is 2.28. The number of halogens is 1. The predicted molar refractivity (Wildman–Crippen MR) is 67.3 cm³/mol. The van der Waals surface area contributed by atoms with E-state index < -0.39 is 9.84 Å². The molecule has 1 heterocycles. The van der Waals surface area contributed by atoms with Crippen LogP contribution in [0.25, 0.3) is 0 Å². The van der Waals surface area contributed by atoms with Crippen molar-refractivity contribution in [2.24, 2.45) is 0 Å². The number of sulfone groups is 1. The van der Waals surface area contributed by atoms with E-state index in [0.717, 1.165) is 0 Å². The SMILES string of the molecule is CCS(=O)(=O)CCNc1cc(Br)nc(C)n1. The van der Waals surface area contributed by atoms with E-state index in [-0.39, 0.29) is 11.5 Å². The van der Waals surface area contributed by atoms with Gasteiger partial charge in [0.25, 0.3) is 0 Å². The third-order valence-corrected chi connectivity index (χ3v) is 4.08. The highest BCUT2D eigenvalue weighted by Crippen LogP contribution is 2.11. The van der Waals surface area contributed by atoms with Crippen LogP contribution in [0.15, 0.2) is 10.7 Å². The van der Waals surface area contributed by atoms with E-state index >= 15 is 0 Å². The predicted octanol–water partition coefficient (Wildman–Crippen LogP) is 1.39. The zero-order valence-corrected chi connectivity index (χ0v) is 11.6. The van der Waals surface area contributed by atoms with Gasteiger partial charge in [0.2, 0.25) is 0 Å². The second kappa shape index (κ2) is 5.58. The average Bonchev–Trinajstić information content (AvgIpc) is 2.16. The van der Waals surface area contributed by atoms with Crippen molar-refractivity contribution in [3.8, 4) is 0 Å². The maximum Gasteiger partial charge on any atom is 0.151 e. The number of hydrogen-bond donors (Lipinski definition) is 1. The van der Waals surface area contributed by atoms with Crippen molar-refractivity contribution < 1.29 is 8.42 Å². The molecule has 0 aliphatic carbocycles. The van der Waals surface area contributed by atoms with Crippen molar-refractivity contribution >= 4 is 31.6 Å². The molecule has 0 spiro atoms. The lowest BCUT2D eigenvalue weighted by Gasteiger charge is -2.06. The van der Waals surface area contributed by atoms with Crippen LogP contribution in [-0.4, -0.2) is 36.4 Å². The molecule has 0 aliphatic heterocycles. The molecule has 90 valence electrons. The lowest BCUT2D eigenvalue weighted by molar-refractivity contribution is 0.597. The summed E-state index contributed by atoms with van der Waals surface area (Å²) in [6, 6.07) is 1.71. The number of nitrogens with zero attached hydrogens (tertiary/aromatic N) is 2. The van der Waals surface area contributed by atoms with Crippen LogP contribution in [0.1, 0.15) is 12.7 Å². The molecule has 0 fully saturated rings. The number of nitrogens with one attached hydrogen (secondary N) is 1. The molecule has 0 amide bonds. The highest BCUT2D eigenvalue weighted by Gasteiger charge is 2.07. The molecule has 0 aliphatic rings. The lowest BCUT2D eigenvalue weighted by atomic mass is 10.5. The Balaban J connectivity index is 2.55. The minimum Gasteiger partial charge on any atom is -0.369 e. The maximum absolute atomic E-state index is 11.2. The molecule has 0 radical (unpaired) electrons. The van der Waals surface area contributed by atoms with Gasteiger partial charge < -0.3 is 5.32 Å². The Kier molecular flexibility index (Phi) is 4.67. The number of hydrogen-bond acceptors (Lipinski definition) is 5. The van der Waals surface area contributed by atoms with E-state index in [1.165, 1.54) is 0 Å². The zero-order valence-electron chi connectivity index (χ0n) is 9.20. The molecule has 7 heteroatoms.